The van der Waals surface area contributed by atoms with E-state index in [4.69, 9.17) is 0 Å². The van der Waals surface area contributed by atoms with E-state index in [1.807, 2.05) is 30.0 Å². The van der Waals surface area contributed by atoms with Crippen molar-refractivity contribution in [3.63, 3.8) is 0 Å². The Morgan fingerprint density at radius 1 is 1.32 bits per heavy atom. The summed E-state index contributed by atoms with van der Waals surface area (Å²) in [7, 11) is 5.59. The van der Waals surface area contributed by atoms with Crippen molar-refractivity contribution >= 4 is 11.9 Å². The molecule has 0 bridgehead atoms. The fourth-order valence-electron chi connectivity index (χ4n) is 3.44. The Labute approximate surface area is 166 Å². The maximum absolute atomic E-state index is 12.5. The van der Waals surface area contributed by atoms with Crippen LogP contribution < -0.4 is 5.32 Å². The third kappa shape index (κ3) is 4.88. The molecule has 1 aromatic carbocycles. The summed E-state index contributed by atoms with van der Waals surface area (Å²) in [6, 6.07) is 8.38. The number of nitrogens with zero attached hydrogens (tertiary/aromatic N) is 6. The van der Waals surface area contributed by atoms with Gasteiger partial charge in [0.15, 0.2) is 5.96 Å². The zero-order chi connectivity index (χ0) is 19.9. The maximum Gasteiger partial charge on any atom is 0.222 e. The highest BCUT2D eigenvalue weighted by atomic mass is 16.2. The highest BCUT2D eigenvalue weighted by Gasteiger charge is 2.19. The molecule has 1 aliphatic heterocycles. The number of guanidine groups is 1. The molecule has 0 unspecified atom stereocenters. The van der Waals surface area contributed by atoms with Crippen LogP contribution in [0.25, 0.3) is 0 Å². The standard InChI is InChI=1S/C20H29N7O/c1-21-20(25(2)14-18-23-15-24-26(18)3)22-11-6-9-19(28)27-12-10-16-7-4-5-8-17(16)13-27/h4-5,7-8,15H,6,9-14H2,1-3H3,(H,21,22). The molecule has 3 rings (SSSR count). The predicted octanol–water partition coefficient (Wildman–Crippen LogP) is 1.19. The topological polar surface area (TPSA) is 78.7 Å². The number of carbonyl (C=O) groups excluding carboxylic acids is 1. The number of hydrogen-bond acceptors (Lipinski definition) is 4. The van der Waals surface area contributed by atoms with Crippen LogP contribution in [0, 0.1) is 0 Å². The average Bonchev–Trinajstić information content (AvgIpc) is 3.11. The summed E-state index contributed by atoms with van der Waals surface area (Å²) < 4.78 is 1.75. The molecule has 0 atom stereocenters. The molecule has 8 nitrogen and oxygen atoms in total. The Morgan fingerprint density at radius 2 is 2.11 bits per heavy atom. The first-order valence-electron chi connectivity index (χ1n) is 9.67. The lowest BCUT2D eigenvalue weighted by Crippen LogP contribution is -2.40. The van der Waals surface area contributed by atoms with Gasteiger partial charge < -0.3 is 15.1 Å². The fraction of sp³-hybridized carbons (Fsp3) is 0.500. The van der Waals surface area contributed by atoms with Gasteiger partial charge in [0.1, 0.15) is 12.2 Å². The first kappa shape index (κ1) is 19.9. The highest BCUT2D eigenvalue weighted by molar-refractivity contribution is 5.79. The van der Waals surface area contributed by atoms with Gasteiger partial charge in [-0.2, -0.15) is 5.10 Å². The number of rotatable bonds is 6. The van der Waals surface area contributed by atoms with Crippen LogP contribution in [0.1, 0.15) is 29.8 Å². The van der Waals surface area contributed by atoms with Gasteiger partial charge in [-0.1, -0.05) is 24.3 Å². The lowest BCUT2D eigenvalue weighted by Gasteiger charge is -2.29. The number of amides is 1. The molecule has 28 heavy (non-hydrogen) atoms. The minimum Gasteiger partial charge on any atom is -0.356 e. The molecular weight excluding hydrogens is 354 g/mol. The minimum atomic E-state index is 0.221. The van der Waals surface area contributed by atoms with E-state index in [0.29, 0.717) is 19.5 Å². The third-order valence-electron chi connectivity index (χ3n) is 5.09. The van der Waals surface area contributed by atoms with Crippen LogP contribution in [-0.2, 0) is 31.4 Å². The molecule has 0 saturated heterocycles. The van der Waals surface area contributed by atoms with Crippen molar-refractivity contribution in [3.8, 4) is 0 Å². The van der Waals surface area contributed by atoms with Crippen molar-refractivity contribution in [3.05, 3.63) is 47.5 Å². The molecule has 0 spiro atoms. The number of benzene rings is 1. The summed E-state index contributed by atoms with van der Waals surface area (Å²) in [5.74, 6) is 1.87. The van der Waals surface area contributed by atoms with Crippen molar-refractivity contribution in [2.24, 2.45) is 12.0 Å². The number of nitrogens with one attached hydrogen (secondary N) is 1. The van der Waals surface area contributed by atoms with Gasteiger partial charge in [0.25, 0.3) is 0 Å². The Bertz CT molecular complexity index is 829. The van der Waals surface area contributed by atoms with Crippen LogP contribution >= 0.6 is 0 Å². The number of aromatic nitrogens is 3. The van der Waals surface area contributed by atoms with Gasteiger partial charge in [-0.15, -0.1) is 0 Å². The maximum atomic E-state index is 12.5. The SMILES string of the molecule is CN=C(NCCCC(=O)N1CCc2ccccc2C1)N(C)Cc1ncnn1C. The summed E-state index contributed by atoms with van der Waals surface area (Å²) in [6.45, 7) is 2.85. The lowest BCUT2D eigenvalue weighted by molar-refractivity contribution is -0.132. The normalized spacial score (nSPS) is 14.0. The Hall–Kier alpha value is -2.90. The lowest BCUT2D eigenvalue weighted by atomic mass is 9.99. The second-order valence-electron chi connectivity index (χ2n) is 7.07. The molecule has 8 heteroatoms. The van der Waals surface area contributed by atoms with Crippen LogP contribution in [-0.4, -0.2) is 63.6 Å². The summed E-state index contributed by atoms with van der Waals surface area (Å²) >= 11 is 0. The highest BCUT2D eigenvalue weighted by Crippen LogP contribution is 2.19. The fourth-order valence-corrected chi connectivity index (χ4v) is 3.44. The summed E-state index contributed by atoms with van der Waals surface area (Å²) in [5, 5.41) is 7.41. The Kier molecular flexibility index (Phi) is 6.62. The molecule has 1 amide bonds. The Morgan fingerprint density at radius 3 is 2.82 bits per heavy atom. The number of aliphatic imine (C=N–C) groups is 1. The first-order chi connectivity index (χ1) is 13.6. The second kappa shape index (κ2) is 9.34. The van der Waals surface area contributed by atoms with E-state index in [0.717, 1.165) is 37.7 Å². The minimum absolute atomic E-state index is 0.221. The van der Waals surface area contributed by atoms with Crippen LogP contribution in [0.15, 0.2) is 35.6 Å². The molecule has 0 fully saturated rings. The summed E-state index contributed by atoms with van der Waals surface area (Å²) in [5.41, 5.74) is 2.63. The first-order valence-corrected chi connectivity index (χ1v) is 9.67. The predicted molar refractivity (Wildman–Crippen MR) is 109 cm³/mol. The average molecular weight is 384 g/mol. The molecular formula is C20H29N7O. The number of aryl methyl sites for hydroxylation is 1. The van der Waals surface area contributed by atoms with Crippen LogP contribution in [0.5, 0.6) is 0 Å². The van der Waals surface area contributed by atoms with E-state index in [-0.39, 0.29) is 5.91 Å². The molecule has 0 aliphatic carbocycles. The molecule has 1 aliphatic rings. The largest absolute Gasteiger partial charge is 0.356 e. The molecule has 1 aromatic heterocycles. The molecule has 0 radical (unpaired) electrons. The van der Waals surface area contributed by atoms with Gasteiger partial charge in [0.2, 0.25) is 5.91 Å². The summed E-state index contributed by atoms with van der Waals surface area (Å²) in [4.78, 5) is 25.1. The van der Waals surface area contributed by atoms with Crippen molar-refractivity contribution in [1.82, 2.24) is 29.9 Å². The van der Waals surface area contributed by atoms with E-state index < -0.39 is 0 Å². The monoisotopic (exact) mass is 383 g/mol. The molecule has 2 aromatic rings. The van der Waals surface area contributed by atoms with Crippen molar-refractivity contribution < 1.29 is 4.79 Å². The smallest absolute Gasteiger partial charge is 0.222 e. The van der Waals surface area contributed by atoms with Crippen LogP contribution in [0.2, 0.25) is 0 Å². The Balaban J connectivity index is 1.41. The zero-order valence-corrected chi connectivity index (χ0v) is 16.9. The molecule has 2 heterocycles. The van der Waals surface area contributed by atoms with E-state index in [2.05, 4.69) is 38.6 Å². The van der Waals surface area contributed by atoms with Crippen LogP contribution in [0.4, 0.5) is 0 Å². The van der Waals surface area contributed by atoms with Crippen molar-refractivity contribution in [2.75, 3.05) is 27.2 Å². The number of fused-ring (bicyclic) bond motifs is 1. The molecule has 0 saturated carbocycles. The van der Waals surface area contributed by atoms with Gasteiger partial charge in [-0.3, -0.25) is 14.5 Å². The van der Waals surface area contributed by atoms with E-state index in [1.165, 1.54) is 11.1 Å². The van der Waals surface area contributed by atoms with E-state index in [1.54, 1.807) is 18.1 Å². The van der Waals surface area contributed by atoms with Gasteiger partial charge in [-0.25, -0.2) is 4.98 Å². The number of hydrogen-bond donors (Lipinski definition) is 1. The van der Waals surface area contributed by atoms with E-state index >= 15 is 0 Å². The van der Waals surface area contributed by atoms with Gasteiger partial charge in [0.05, 0.1) is 6.54 Å². The zero-order valence-electron chi connectivity index (χ0n) is 16.9. The van der Waals surface area contributed by atoms with Crippen molar-refractivity contribution in [2.45, 2.75) is 32.4 Å². The second-order valence-corrected chi connectivity index (χ2v) is 7.07. The van der Waals surface area contributed by atoms with E-state index in [9.17, 15) is 4.79 Å². The summed E-state index contributed by atoms with van der Waals surface area (Å²) in [6.07, 6.45) is 3.80. The van der Waals surface area contributed by atoms with Crippen molar-refractivity contribution in [1.29, 1.82) is 0 Å². The third-order valence-corrected chi connectivity index (χ3v) is 5.09. The quantitative estimate of drug-likeness (QED) is 0.461. The van der Waals surface area contributed by atoms with Gasteiger partial charge in [0, 0.05) is 47.2 Å². The molecule has 150 valence electrons. The molecule has 1 N–H and O–H groups in total. The van der Waals surface area contributed by atoms with Gasteiger partial charge in [-0.05, 0) is 24.0 Å². The number of carbonyl (C=O) groups is 1. The van der Waals surface area contributed by atoms with Crippen LogP contribution in [0.3, 0.4) is 0 Å². The van der Waals surface area contributed by atoms with Gasteiger partial charge >= 0.3 is 0 Å².